The van der Waals surface area contributed by atoms with Gasteiger partial charge < -0.3 is 18.8 Å². The summed E-state index contributed by atoms with van der Waals surface area (Å²) in [6, 6.07) is -0.997. The molecule has 26 heavy (non-hydrogen) atoms. The lowest BCUT2D eigenvalue weighted by Crippen LogP contribution is -2.47. The van der Waals surface area contributed by atoms with Crippen LogP contribution in [0.25, 0.3) is 0 Å². The van der Waals surface area contributed by atoms with Crippen LogP contribution in [0.2, 0.25) is 0 Å². The first-order valence-electron chi connectivity index (χ1n) is 7.91. The standard InChI is InChI=1S/C16H22BrN3O6/c1-15(2,3)26-14(23)19-9-16(12(22)25-5,8-10(19)11(21)24-4)20-7-6-18-13(20)17/h6-7,10H,8-9H2,1-5H3/t10-,16+/m0/s1. The van der Waals surface area contributed by atoms with Crippen molar-refractivity contribution in [3.05, 3.63) is 17.1 Å². The van der Waals surface area contributed by atoms with Crippen LogP contribution in [-0.2, 0) is 29.3 Å². The number of amides is 1. The number of carbonyl (C=O) groups excluding carboxylic acids is 3. The SMILES string of the molecule is COC(=O)[C@@H]1C[C@@](C(=O)OC)(n2ccnc2Br)CN1C(=O)OC(C)(C)C. The second-order valence-corrected chi connectivity index (χ2v) is 7.65. The summed E-state index contributed by atoms with van der Waals surface area (Å²) in [5, 5.41) is 0. The van der Waals surface area contributed by atoms with Crippen molar-refractivity contribution < 1.29 is 28.6 Å². The van der Waals surface area contributed by atoms with Crippen LogP contribution in [-0.4, -0.2) is 64.9 Å². The van der Waals surface area contributed by atoms with Gasteiger partial charge in [-0.2, -0.15) is 0 Å². The Labute approximate surface area is 159 Å². The second-order valence-electron chi connectivity index (χ2n) is 6.94. The Balaban J connectivity index is 2.49. The summed E-state index contributed by atoms with van der Waals surface area (Å²) in [7, 11) is 2.47. The lowest BCUT2D eigenvalue weighted by atomic mass is 9.95. The number of hydrogen-bond donors (Lipinski definition) is 0. The molecule has 1 aromatic rings. The minimum absolute atomic E-state index is 0.0272. The van der Waals surface area contributed by atoms with E-state index in [1.54, 1.807) is 31.5 Å². The third-order valence-corrected chi connectivity index (χ3v) is 4.65. The summed E-state index contributed by atoms with van der Waals surface area (Å²) in [4.78, 5) is 42.9. The molecule has 1 aliphatic heterocycles. The number of carbonyl (C=O) groups is 3. The van der Waals surface area contributed by atoms with Crippen LogP contribution in [0, 0.1) is 0 Å². The highest BCUT2D eigenvalue weighted by Gasteiger charge is 2.57. The van der Waals surface area contributed by atoms with Crippen molar-refractivity contribution in [3.8, 4) is 0 Å². The van der Waals surface area contributed by atoms with Gasteiger partial charge in [-0.1, -0.05) is 0 Å². The predicted molar refractivity (Wildman–Crippen MR) is 93.3 cm³/mol. The maximum Gasteiger partial charge on any atom is 0.411 e. The van der Waals surface area contributed by atoms with Gasteiger partial charge in [0, 0.05) is 18.8 Å². The molecule has 1 amide bonds. The molecule has 2 heterocycles. The first-order valence-corrected chi connectivity index (χ1v) is 8.70. The zero-order chi connectivity index (χ0) is 19.7. The number of ether oxygens (including phenoxy) is 3. The summed E-state index contributed by atoms with van der Waals surface area (Å²) in [5.74, 6) is -1.24. The van der Waals surface area contributed by atoms with Gasteiger partial charge in [0.15, 0.2) is 10.3 Å². The Morgan fingerprint density at radius 2 is 1.92 bits per heavy atom. The summed E-state index contributed by atoms with van der Waals surface area (Å²) >= 11 is 3.28. The molecule has 0 saturated carbocycles. The maximum atomic E-state index is 12.7. The van der Waals surface area contributed by atoms with Crippen LogP contribution in [0.3, 0.4) is 0 Å². The van der Waals surface area contributed by atoms with E-state index in [0.29, 0.717) is 4.73 Å². The van der Waals surface area contributed by atoms with E-state index in [9.17, 15) is 14.4 Å². The van der Waals surface area contributed by atoms with Gasteiger partial charge in [-0.05, 0) is 36.7 Å². The Morgan fingerprint density at radius 3 is 2.38 bits per heavy atom. The zero-order valence-electron chi connectivity index (χ0n) is 15.3. The van der Waals surface area contributed by atoms with Crippen molar-refractivity contribution in [2.45, 2.75) is 44.4 Å². The number of halogens is 1. The van der Waals surface area contributed by atoms with Gasteiger partial charge in [-0.25, -0.2) is 19.4 Å². The number of nitrogens with zero attached hydrogens (tertiary/aromatic N) is 3. The molecule has 10 heteroatoms. The number of methoxy groups -OCH3 is 2. The van der Waals surface area contributed by atoms with Crippen molar-refractivity contribution in [1.82, 2.24) is 14.5 Å². The smallest absolute Gasteiger partial charge is 0.411 e. The molecule has 0 spiro atoms. The number of esters is 2. The van der Waals surface area contributed by atoms with Crippen molar-refractivity contribution >= 4 is 34.0 Å². The summed E-state index contributed by atoms with van der Waals surface area (Å²) in [6.45, 7) is 5.03. The van der Waals surface area contributed by atoms with Gasteiger partial charge >= 0.3 is 18.0 Å². The molecule has 1 saturated heterocycles. The van der Waals surface area contributed by atoms with Gasteiger partial charge in [-0.3, -0.25) is 4.90 Å². The van der Waals surface area contributed by atoms with Gasteiger partial charge in [0.25, 0.3) is 0 Å². The van der Waals surface area contributed by atoms with Gasteiger partial charge in [0.2, 0.25) is 0 Å². The first kappa shape index (κ1) is 20.2. The largest absolute Gasteiger partial charge is 0.467 e. The average molecular weight is 432 g/mol. The van der Waals surface area contributed by atoms with Gasteiger partial charge in [0.05, 0.1) is 20.8 Å². The summed E-state index contributed by atoms with van der Waals surface area (Å²) < 4.78 is 17.1. The molecule has 0 aromatic carbocycles. The highest BCUT2D eigenvalue weighted by atomic mass is 79.9. The highest BCUT2D eigenvalue weighted by molar-refractivity contribution is 9.10. The molecular weight excluding hydrogens is 410 g/mol. The fourth-order valence-electron chi connectivity index (χ4n) is 2.96. The van der Waals surface area contributed by atoms with Gasteiger partial charge in [0.1, 0.15) is 11.6 Å². The Hall–Kier alpha value is -2.10. The average Bonchev–Trinajstić information content (AvgIpc) is 3.16. The third kappa shape index (κ3) is 3.69. The van der Waals surface area contributed by atoms with Crippen molar-refractivity contribution in [3.63, 3.8) is 0 Å². The molecule has 2 atom stereocenters. The minimum atomic E-state index is -1.33. The van der Waals surface area contributed by atoms with Crippen LogP contribution >= 0.6 is 15.9 Å². The Morgan fingerprint density at radius 1 is 1.27 bits per heavy atom. The fraction of sp³-hybridized carbons (Fsp3) is 0.625. The van der Waals surface area contributed by atoms with Crippen LogP contribution in [0.1, 0.15) is 27.2 Å². The number of imidazole rings is 1. The van der Waals surface area contributed by atoms with Crippen LogP contribution in [0.15, 0.2) is 17.1 Å². The highest BCUT2D eigenvalue weighted by Crippen LogP contribution is 2.38. The van der Waals surface area contributed by atoms with Crippen LogP contribution in [0.4, 0.5) is 4.79 Å². The molecule has 1 fully saturated rings. The normalized spacial score (nSPS) is 22.8. The van der Waals surface area contributed by atoms with E-state index in [1.807, 2.05) is 0 Å². The summed E-state index contributed by atoms with van der Waals surface area (Å²) in [5.41, 5.74) is -2.09. The molecule has 1 aliphatic rings. The monoisotopic (exact) mass is 431 g/mol. The van der Waals surface area contributed by atoms with E-state index in [1.165, 1.54) is 25.3 Å². The molecular formula is C16H22BrN3O6. The maximum absolute atomic E-state index is 12.7. The molecule has 2 rings (SSSR count). The molecule has 0 radical (unpaired) electrons. The number of rotatable bonds is 3. The Kier molecular flexibility index (Phi) is 5.64. The zero-order valence-corrected chi connectivity index (χ0v) is 16.9. The minimum Gasteiger partial charge on any atom is -0.467 e. The molecule has 0 aliphatic carbocycles. The molecule has 9 nitrogen and oxygen atoms in total. The van der Waals surface area contributed by atoms with Crippen LogP contribution < -0.4 is 0 Å². The summed E-state index contributed by atoms with van der Waals surface area (Å²) in [6.07, 6.45) is 2.34. The van der Waals surface area contributed by atoms with E-state index in [0.717, 1.165) is 0 Å². The predicted octanol–water partition coefficient (Wildman–Crippen LogP) is 1.70. The molecule has 0 unspecified atom stereocenters. The topological polar surface area (TPSA) is 100.0 Å². The van der Waals surface area contributed by atoms with Crippen LogP contribution in [0.5, 0.6) is 0 Å². The van der Waals surface area contributed by atoms with E-state index in [-0.39, 0.29) is 13.0 Å². The second kappa shape index (κ2) is 7.26. The molecule has 0 bridgehead atoms. The quantitative estimate of drug-likeness (QED) is 0.530. The van der Waals surface area contributed by atoms with Gasteiger partial charge in [-0.15, -0.1) is 0 Å². The van der Waals surface area contributed by atoms with Crippen molar-refractivity contribution in [2.75, 3.05) is 20.8 Å². The van der Waals surface area contributed by atoms with Crippen molar-refractivity contribution in [2.24, 2.45) is 0 Å². The molecule has 1 aromatic heterocycles. The molecule has 144 valence electrons. The first-order chi connectivity index (χ1) is 12.1. The van der Waals surface area contributed by atoms with E-state index >= 15 is 0 Å². The number of likely N-dealkylation sites (tertiary alicyclic amines) is 1. The van der Waals surface area contributed by atoms with E-state index in [2.05, 4.69) is 20.9 Å². The third-order valence-electron chi connectivity index (χ3n) is 4.06. The number of aromatic nitrogens is 2. The lowest BCUT2D eigenvalue weighted by Gasteiger charge is -2.29. The lowest BCUT2D eigenvalue weighted by molar-refractivity contribution is -0.151. The van der Waals surface area contributed by atoms with Crippen molar-refractivity contribution in [1.29, 1.82) is 0 Å². The fourth-order valence-corrected chi connectivity index (χ4v) is 3.54. The van der Waals surface area contributed by atoms with E-state index < -0.39 is 35.2 Å². The number of hydrogen-bond acceptors (Lipinski definition) is 7. The Bertz CT molecular complexity index is 713. The van der Waals surface area contributed by atoms with E-state index in [4.69, 9.17) is 14.2 Å². The molecule has 0 N–H and O–H groups in total.